The monoisotopic (exact) mass is 485 g/mol. The van der Waals surface area contributed by atoms with Crippen molar-refractivity contribution in [3.05, 3.63) is 71.4 Å². The smallest absolute Gasteiger partial charge is 0.261 e. The molecule has 11 heteroatoms. The van der Waals surface area contributed by atoms with Crippen LogP contribution in [0.15, 0.2) is 48.7 Å². The molecular formula is C23H21F2N5O3S. The van der Waals surface area contributed by atoms with E-state index < -0.39 is 38.8 Å². The Morgan fingerprint density at radius 3 is 2.56 bits per heavy atom. The van der Waals surface area contributed by atoms with Crippen molar-refractivity contribution < 1.29 is 22.0 Å². The van der Waals surface area contributed by atoms with Gasteiger partial charge in [0.05, 0.1) is 23.3 Å². The lowest BCUT2D eigenvalue weighted by molar-refractivity contribution is 0.101. The summed E-state index contributed by atoms with van der Waals surface area (Å²) in [6.45, 7) is 3.62. The second kappa shape index (κ2) is 9.18. The number of H-pyrrole nitrogens is 1. The summed E-state index contributed by atoms with van der Waals surface area (Å²) in [5, 5.41) is 2.39. The van der Waals surface area contributed by atoms with E-state index in [9.17, 15) is 22.0 Å². The number of anilines is 2. The summed E-state index contributed by atoms with van der Waals surface area (Å²) in [6, 6.07) is 11.0. The number of hydrogen-bond acceptors (Lipinski definition) is 5. The first-order chi connectivity index (χ1) is 16.2. The summed E-state index contributed by atoms with van der Waals surface area (Å²) < 4.78 is 55.2. The van der Waals surface area contributed by atoms with Gasteiger partial charge < -0.3 is 10.3 Å². The highest BCUT2D eigenvalue weighted by Gasteiger charge is 2.23. The fraction of sp³-hybridized carbons (Fsp3) is 0.174. The van der Waals surface area contributed by atoms with E-state index in [4.69, 9.17) is 0 Å². The standard InChI is InChI=1S/C23H21F2N5O3S/c1-3-10-34(32,33)30-17-9-8-16(24)19(20(17)25)23(31)27-15-11-18-22(26-12-15)29-21(28-18)14-6-4-13(2)5-7-14/h4-9,11-12,30H,3,10H2,1-2H3,(H,27,31)(H,26,28,29). The lowest BCUT2D eigenvalue weighted by atomic mass is 10.1. The number of imidazole rings is 1. The molecule has 34 heavy (non-hydrogen) atoms. The molecule has 2 aromatic carbocycles. The van der Waals surface area contributed by atoms with Crippen LogP contribution in [0.5, 0.6) is 0 Å². The van der Waals surface area contributed by atoms with Crippen LogP contribution >= 0.6 is 0 Å². The van der Waals surface area contributed by atoms with Crippen molar-refractivity contribution in [2.24, 2.45) is 0 Å². The molecule has 4 rings (SSSR count). The zero-order valence-corrected chi connectivity index (χ0v) is 19.1. The van der Waals surface area contributed by atoms with Crippen LogP contribution in [0.4, 0.5) is 20.2 Å². The summed E-state index contributed by atoms with van der Waals surface area (Å²) in [5.74, 6) is -3.21. The minimum Gasteiger partial charge on any atom is -0.323 e. The van der Waals surface area contributed by atoms with Crippen LogP contribution in [0.3, 0.4) is 0 Å². The van der Waals surface area contributed by atoms with Crippen molar-refractivity contribution in [3.8, 4) is 11.4 Å². The molecule has 0 fully saturated rings. The van der Waals surface area contributed by atoms with Gasteiger partial charge in [0, 0.05) is 5.56 Å². The van der Waals surface area contributed by atoms with Crippen LogP contribution in [0, 0.1) is 18.6 Å². The van der Waals surface area contributed by atoms with E-state index in [-0.39, 0.29) is 11.4 Å². The summed E-state index contributed by atoms with van der Waals surface area (Å²) in [7, 11) is -3.83. The zero-order valence-electron chi connectivity index (χ0n) is 18.3. The average molecular weight is 486 g/mol. The number of sulfonamides is 1. The lowest BCUT2D eigenvalue weighted by Gasteiger charge is -2.12. The highest BCUT2D eigenvalue weighted by Crippen LogP contribution is 2.25. The quantitative estimate of drug-likeness (QED) is 0.353. The number of aromatic amines is 1. The van der Waals surface area contributed by atoms with E-state index in [2.05, 4.69) is 20.3 Å². The number of benzene rings is 2. The molecule has 0 saturated heterocycles. The molecule has 8 nitrogen and oxygen atoms in total. The van der Waals surface area contributed by atoms with Gasteiger partial charge in [-0.3, -0.25) is 9.52 Å². The molecule has 0 spiro atoms. The van der Waals surface area contributed by atoms with Crippen molar-refractivity contribution in [2.45, 2.75) is 20.3 Å². The second-order valence-corrected chi connectivity index (χ2v) is 9.54. The largest absolute Gasteiger partial charge is 0.323 e. The topological polar surface area (TPSA) is 117 Å². The molecule has 2 heterocycles. The fourth-order valence-corrected chi connectivity index (χ4v) is 4.46. The van der Waals surface area contributed by atoms with Crippen LogP contribution in [0.1, 0.15) is 29.3 Å². The number of nitrogens with zero attached hydrogens (tertiary/aromatic N) is 2. The number of nitrogens with one attached hydrogen (secondary N) is 3. The summed E-state index contributed by atoms with van der Waals surface area (Å²) >= 11 is 0. The van der Waals surface area contributed by atoms with E-state index in [1.165, 1.54) is 12.3 Å². The van der Waals surface area contributed by atoms with E-state index in [0.717, 1.165) is 23.3 Å². The van der Waals surface area contributed by atoms with E-state index in [1.807, 2.05) is 35.9 Å². The third-order valence-electron chi connectivity index (χ3n) is 4.98. The highest BCUT2D eigenvalue weighted by atomic mass is 32.2. The number of pyridine rings is 1. The van der Waals surface area contributed by atoms with Crippen molar-refractivity contribution >= 4 is 38.5 Å². The van der Waals surface area contributed by atoms with Gasteiger partial charge in [0.25, 0.3) is 5.91 Å². The molecule has 0 unspecified atom stereocenters. The molecule has 2 aromatic heterocycles. The highest BCUT2D eigenvalue weighted by molar-refractivity contribution is 7.92. The molecule has 0 aliphatic carbocycles. The molecule has 0 bridgehead atoms. The third kappa shape index (κ3) is 4.88. The normalized spacial score (nSPS) is 11.5. The Morgan fingerprint density at radius 2 is 1.85 bits per heavy atom. The van der Waals surface area contributed by atoms with Gasteiger partial charge in [-0.15, -0.1) is 0 Å². The molecule has 1 amide bonds. The molecule has 0 atom stereocenters. The lowest BCUT2D eigenvalue weighted by Crippen LogP contribution is -2.20. The third-order valence-corrected chi connectivity index (χ3v) is 6.45. The molecule has 0 saturated carbocycles. The van der Waals surface area contributed by atoms with Gasteiger partial charge in [0.2, 0.25) is 10.0 Å². The van der Waals surface area contributed by atoms with E-state index in [1.54, 1.807) is 6.92 Å². The second-order valence-electron chi connectivity index (χ2n) is 7.70. The van der Waals surface area contributed by atoms with Crippen LogP contribution in [-0.4, -0.2) is 35.0 Å². The zero-order chi connectivity index (χ0) is 24.5. The predicted octanol–water partition coefficient (Wildman–Crippen LogP) is 4.62. The van der Waals surface area contributed by atoms with Gasteiger partial charge >= 0.3 is 0 Å². The number of carbonyl (C=O) groups is 1. The Morgan fingerprint density at radius 1 is 1.12 bits per heavy atom. The van der Waals surface area contributed by atoms with Gasteiger partial charge in [0.1, 0.15) is 22.7 Å². The molecular weight excluding hydrogens is 464 g/mol. The number of carbonyl (C=O) groups excluding carboxylic acids is 1. The van der Waals surface area contributed by atoms with E-state index in [0.29, 0.717) is 23.4 Å². The first kappa shape index (κ1) is 23.3. The number of rotatable bonds is 7. The molecule has 0 radical (unpaired) electrons. The van der Waals surface area contributed by atoms with E-state index >= 15 is 0 Å². The summed E-state index contributed by atoms with van der Waals surface area (Å²) in [6.07, 6.45) is 1.63. The molecule has 0 aliphatic heterocycles. The Kier molecular flexibility index (Phi) is 6.29. The average Bonchev–Trinajstić information content (AvgIpc) is 3.19. The van der Waals surface area contributed by atoms with Gasteiger partial charge in [-0.05, 0) is 31.5 Å². The van der Waals surface area contributed by atoms with Crippen LogP contribution < -0.4 is 10.0 Å². The van der Waals surface area contributed by atoms with Crippen LogP contribution in [0.25, 0.3) is 22.6 Å². The minimum absolute atomic E-state index is 0.162. The van der Waals surface area contributed by atoms with Gasteiger partial charge in [0.15, 0.2) is 11.5 Å². The van der Waals surface area contributed by atoms with Crippen LogP contribution in [-0.2, 0) is 10.0 Å². The Balaban J connectivity index is 1.60. The maximum absolute atomic E-state index is 14.9. The van der Waals surface area contributed by atoms with Gasteiger partial charge in [-0.1, -0.05) is 36.8 Å². The number of aromatic nitrogens is 3. The summed E-state index contributed by atoms with van der Waals surface area (Å²) in [4.78, 5) is 24.4. The molecule has 4 aromatic rings. The molecule has 0 aliphatic rings. The Bertz CT molecular complexity index is 1480. The first-order valence-corrected chi connectivity index (χ1v) is 12.0. The first-order valence-electron chi connectivity index (χ1n) is 10.4. The van der Waals surface area contributed by atoms with Crippen molar-refractivity contribution in [1.82, 2.24) is 15.0 Å². The van der Waals surface area contributed by atoms with Crippen LogP contribution in [0.2, 0.25) is 0 Å². The molecule has 3 N–H and O–H groups in total. The number of fused-ring (bicyclic) bond motifs is 1. The Hall–Kier alpha value is -3.86. The van der Waals surface area contributed by atoms with Crippen molar-refractivity contribution in [3.63, 3.8) is 0 Å². The number of amides is 1. The number of hydrogen-bond donors (Lipinski definition) is 3. The fourth-order valence-electron chi connectivity index (χ4n) is 3.33. The minimum atomic E-state index is -3.83. The SMILES string of the molecule is CCCS(=O)(=O)Nc1ccc(F)c(C(=O)Nc2cnc3[nH]c(-c4ccc(C)cc4)nc3c2)c1F. The number of halogens is 2. The molecule has 176 valence electrons. The van der Waals surface area contributed by atoms with Crippen molar-refractivity contribution in [1.29, 1.82) is 0 Å². The predicted molar refractivity (Wildman–Crippen MR) is 126 cm³/mol. The number of aryl methyl sites for hydroxylation is 1. The van der Waals surface area contributed by atoms with Gasteiger partial charge in [-0.2, -0.15) is 0 Å². The van der Waals surface area contributed by atoms with Gasteiger partial charge in [-0.25, -0.2) is 27.2 Å². The maximum atomic E-state index is 14.9. The van der Waals surface area contributed by atoms with Crippen molar-refractivity contribution in [2.75, 3.05) is 15.8 Å². The Labute approximate surface area is 194 Å². The summed E-state index contributed by atoms with van der Waals surface area (Å²) in [5.41, 5.74) is 1.59. The maximum Gasteiger partial charge on any atom is 0.261 e.